The minimum Gasteiger partial charge on any atom is -0.480 e. The van der Waals surface area contributed by atoms with Gasteiger partial charge in [0.2, 0.25) is 0 Å². The fourth-order valence-corrected chi connectivity index (χ4v) is 1.85. The van der Waals surface area contributed by atoms with E-state index in [0.29, 0.717) is 0 Å². The van der Waals surface area contributed by atoms with Crippen LogP contribution in [0.1, 0.15) is 6.92 Å². The molecule has 2 N–H and O–H groups in total. The summed E-state index contributed by atoms with van der Waals surface area (Å²) in [7, 11) is -3.81. The van der Waals surface area contributed by atoms with Gasteiger partial charge in [-0.15, -0.1) is 0 Å². The molecule has 0 fully saturated rings. The molecule has 0 saturated heterocycles. The van der Waals surface area contributed by atoms with Crippen LogP contribution in [0.4, 0.5) is 0 Å². The quantitative estimate of drug-likeness (QED) is 0.639. The van der Waals surface area contributed by atoms with Crippen LogP contribution in [-0.4, -0.2) is 36.6 Å². The molecule has 0 aromatic rings. The first-order valence-corrected chi connectivity index (χ1v) is 5.17. The number of hydrogen-bond donors (Lipinski definition) is 2. The third-order valence-corrected chi connectivity index (χ3v) is 3.03. The fourth-order valence-electron chi connectivity index (χ4n) is 0.761. The Morgan fingerprint density at radius 2 is 2.36 bits per heavy atom. The Bertz CT molecular complexity index is 349. The lowest BCUT2D eigenvalue weighted by atomic mass is 10.4. The maximum absolute atomic E-state index is 11.4. The summed E-state index contributed by atoms with van der Waals surface area (Å²) < 4.78 is 30.2. The number of ether oxygens (including phenoxy) is 1. The molecule has 8 heteroatoms. The van der Waals surface area contributed by atoms with Crippen molar-refractivity contribution in [3.8, 4) is 0 Å². The van der Waals surface area contributed by atoms with Gasteiger partial charge in [-0.1, -0.05) is 0 Å². The molecule has 80 valence electrons. The Labute approximate surface area is 81.1 Å². The van der Waals surface area contributed by atoms with Gasteiger partial charge in [0, 0.05) is 0 Å². The van der Waals surface area contributed by atoms with Crippen LogP contribution in [0.2, 0.25) is 0 Å². The predicted octanol–water partition coefficient (Wildman–Crippen LogP) is -0.945. The number of aliphatic carboxylic acids is 1. The zero-order chi connectivity index (χ0) is 10.8. The molecule has 0 aromatic heterocycles. The predicted molar refractivity (Wildman–Crippen MR) is 46.1 cm³/mol. The highest BCUT2D eigenvalue weighted by Gasteiger charge is 2.25. The maximum Gasteiger partial charge on any atom is 0.321 e. The summed E-state index contributed by atoms with van der Waals surface area (Å²) in [6.45, 7) is 1.10. The maximum atomic E-state index is 11.4. The Balaban J connectivity index is 2.67. The average Bonchev–Trinajstić information content (AvgIpc) is 2.54. The van der Waals surface area contributed by atoms with Gasteiger partial charge in [0.25, 0.3) is 0 Å². The molecule has 1 rings (SSSR count). The molecule has 1 aliphatic heterocycles. The second-order valence-electron chi connectivity index (χ2n) is 2.65. The van der Waals surface area contributed by atoms with Crippen LogP contribution in [0.25, 0.3) is 0 Å². The molecule has 14 heavy (non-hydrogen) atoms. The molecule has 7 nitrogen and oxygen atoms in total. The molecule has 0 spiro atoms. The lowest BCUT2D eigenvalue weighted by Crippen LogP contribution is -2.44. The number of nitrogens with zero attached hydrogens (tertiary/aromatic N) is 1. The summed E-state index contributed by atoms with van der Waals surface area (Å²) in [5, 5.41) is 8.49. The Hall–Kier alpha value is -1.28. The topological polar surface area (TPSA) is 95.9 Å². The summed E-state index contributed by atoms with van der Waals surface area (Å²) in [5.74, 6) is -1.24. The highest BCUT2D eigenvalue weighted by Crippen LogP contribution is 2.06. The van der Waals surface area contributed by atoms with Crippen LogP contribution >= 0.6 is 0 Å². The lowest BCUT2D eigenvalue weighted by Gasteiger charge is -2.16. The van der Waals surface area contributed by atoms with Crippen molar-refractivity contribution in [1.82, 2.24) is 9.03 Å². The van der Waals surface area contributed by atoms with Crippen LogP contribution in [-0.2, 0) is 19.7 Å². The van der Waals surface area contributed by atoms with Gasteiger partial charge in [0.05, 0.1) is 6.20 Å². The minimum absolute atomic E-state index is 0.137. The number of carboxylic acid groups (broad SMARTS) is 1. The standard InChI is InChI=1S/C6H10N2O5S/c1-5(6(9)10)7-14(11,12)8-2-3-13-4-8/h2-3,5,7H,4H2,1H3,(H,9,10). The van der Waals surface area contributed by atoms with Gasteiger partial charge in [-0.2, -0.15) is 13.1 Å². The van der Waals surface area contributed by atoms with Crippen LogP contribution in [0.15, 0.2) is 12.5 Å². The number of rotatable bonds is 4. The first kappa shape index (κ1) is 10.8. The summed E-state index contributed by atoms with van der Waals surface area (Å²) in [6, 6.07) is -1.17. The van der Waals surface area contributed by atoms with Crippen molar-refractivity contribution in [3.05, 3.63) is 12.5 Å². The smallest absolute Gasteiger partial charge is 0.321 e. The van der Waals surface area contributed by atoms with Gasteiger partial charge in [0.15, 0.2) is 6.73 Å². The number of nitrogens with one attached hydrogen (secondary N) is 1. The SMILES string of the molecule is CC(NS(=O)(=O)N1C=COC1)C(=O)O. The van der Waals surface area contributed by atoms with E-state index in [2.05, 4.69) is 4.74 Å². The van der Waals surface area contributed by atoms with Crippen molar-refractivity contribution >= 4 is 16.2 Å². The summed E-state index contributed by atoms with van der Waals surface area (Å²) >= 11 is 0. The zero-order valence-corrected chi connectivity index (χ0v) is 8.19. The van der Waals surface area contributed by atoms with Crippen molar-refractivity contribution < 1.29 is 23.1 Å². The lowest BCUT2D eigenvalue weighted by molar-refractivity contribution is -0.138. The van der Waals surface area contributed by atoms with Gasteiger partial charge >= 0.3 is 16.2 Å². The Morgan fingerprint density at radius 1 is 1.71 bits per heavy atom. The summed E-state index contributed by atoms with van der Waals surface area (Å²) in [4.78, 5) is 10.4. The van der Waals surface area contributed by atoms with Gasteiger partial charge in [-0.25, -0.2) is 4.31 Å². The molecule has 1 aliphatic rings. The molecule has 0 radical (unpaired) electrons. The van der Waals surface area contributed by atoms with E-state index in [1.165, 1.54) is 19.4 Å². The van der Waals surface area contributed by atoms with E-state index in [-0.39, 0.29) is 6.73 Å². The monoisotopic (exact) mass is 222 g/mol. The average molecular weight is 222 g/mol. The van der Waals surface area contributed by atoms with E-state index in [9.17, 15) is 13.2 Å². The second-order valence-corrected chi connectivity index (χ2v) is 4.31. The van der Waals surface area contributed by atoms with Crippen LogP contribution < -0.4 is 4.72 Å². The van der Waals surface area contributed by atoms with Gasteiger partial charge in [-0.3, -0.25) is 4.79 Å². The van der Waals surface area contributed by atoms with Crippen molar-refractivity contribution in [2.45, 2.75) is 13.0 Å². The van der Waals surface area contributed by atoms with Gasteiger partial charge < -0.3 is 9.84 Å². The van der Waals surface area contributed by atoms with E-state index < -0.39 is 22.2 Å². The van der Waals surface area contributed by atoms with Gasteiger partial charge in [0.1, 0.15) is 12.3 Å². The van der Waals surface area contributed by atoms with Crippen molar-refractivity contribution in [2.24, 2.45) is 0 Å². The van der Waals surface area contributed by atoms with E-state index >= 15 is 0 Å². The Kier molecular flexibility index (Phi) is 2.96. The van der Waals surface area contributed by atoms with Crippen LogP contribution in [0, 0.1) is 0 Å². The second kappa shape index (κ2) is 3.84. The van der Waals surface area contributed by atoms with E-state index in [0.717, 1.165) is 4.31 Å². The molecule has 0 bridgehead atoms. The molecule has 0 amide bonds. The highest BCUT2D eigenvalue weighted by atomic mass is 32.2. The molecular weight excluding hydrogens is 212 g/mol. The molecule has 0 saturated carbocycles. The normalized spacial score (nSPS) is 17.9. The van der Waals surface area contributed by atoms with Crippen LogP contribution in [0.5, 0.6) is 0 Å². The first-order valence-electron chi connectivity index (χ1n) is 3.73. The third kappa shape index (κ3) is 2.36. The van der Waals surface area contributed by atoms with E-state index in [1.54, 1.807) is 0 Å². The van der Waals surface area contributed by atoms with Crippen LogP contribution in [0.3, 0.4) is 0 Å². The van der Waals surface area contributed by atoms with E-state index in [4.69, 9.17) is 5.11 Å². The Morgan fingerprint density at radius 3 is 2.79 bits per heavy atom. The number of carbonyl (C=O) groups is 1. The molecule has 1 atom stereocenters. The summed E-state index contributed by atoms with van der Waals surface area (Å²) in [5.41, 5.74) is 0. The first-order chi connectivity index (χ1) is 6.43. The van der Waals surface area contributed by atoms with Crippen molar-refractivity contribution in [2.75, 3.05) is 6.73 Å². The largest absolute Gasteiger partial charge is 0.480 e. The minimum atomic E-state index is -3.81. The number of hydrogen-bond acceptors (Lipinski definition) is 4. The zero-order valence-electron chi connectivity index (χ0n) is 7.37. The molecule has 0 aromatic carbocycles. The fraction of sp³-hybridized carbons (Fsp3) is 0.500. The molecule has 1 heterocycles. The van der Waals surface area contributed by atoms with Crippen molar-refractivity contribution in [3.63, 3.8) is 0 Å². The van der Waals surface area contributed by atoms with E-state index in [1.807, 2.05) is 4.72 Å². The highest BCUT2D eigenvalue weighted by molar-refractivity contribution is 7.87. The third-order valence-electron chi connectivity index (χ3n) is 1.53. The summed E-state index contributed by atoms with van der Waals surface area (Å²) in [6.07, 6.45) is 2.42. The van der Waals surface area contributed by atoms with Gasteiger partial charge in [-0.05, 0) is 6.92 Å². The van der Waals surface area contributed by atoms with Crippen molar-refractivity contribution in [1.29, 1.82) is 0 Å². The number of carboxylic acids is 1. The molecular formula is C6H10N2O5S. The molecule has 1 unspecified atom stereocenters. The molecule has 0 aliphatic carbocycles.